The Hall–Kier alpha value is 0.565. The quantitative estimate of drug-likeness (QED) is 0.423. The molecule has 0 spiro atoms. The molecule has 4 unspecified atom stereocenters. The first-order chi connectivity index (χ1) is 6.13. The van der Waals surface area contributed by atoms with E-state index in [-0.39, 0.29) is 18.6 Å². The fourth-order valence-corrected chi connectivity index (χ4v) is 2.83. The largest absolute Gasteiger partial charge is 0.396 e. The van der Waals surface area contributed by atoms with E-state index in [1.165, 1.54) is 0 Å². The molecule has 0 aromatic rings. The van der Waals surface area contributed by atoms with Gasteiger partial charge in [-0.3, -0.25) is 4.57 Å². The smallest absolute Gasteiger partial charge is 0.243 e. The summed E-state index contributed by atoms with van der Waals surface area (Å²) in [5.41, 5.74) is 0. The van der Waals surface area contributed by atoms with Crippen molar-refractivity contribution in [1.82, 2.24) is 0 Å². The highest BCUT2D eigenvalue weighted by Crippen LogP contribution is 2.39. The lowest BCUT2D eigenvalue weighted by atomic mass is 9.71. The Morgan fingerprint density at radius 2 is 2.31 bits per heavy atom. The van der Waals surface area contributed by atoms with Gasteiger partial charge in [0.25, 0.3) is 0 Å². The van der Waals surface area contributed by atoms with Crippen LogP contribution in [-0.4, -0.2) is 25.7 Å². The zero-order valence-corrected chi connectivity index (χ0v) is 9.67. The third kappa shape index (κ3) is 3.66. The van der Waals surface area contributed by atoms with E-state index in [1.54, 1.807) is 0 Å². The van der Waals surface area contributed by atoms with Crippen LogP contribution in [0.5, 0.6) is 0 Å². The zero-order valence-electron chi connectivity index (χ0n) is 7.77. The maximum absolute atomic E-state index is 10.8. The monoisotopic (exact) mass is 222 g/mol. The van der Waals surface area contributed by atoms with Crippen LogP contribution in [0.4, 0.5) is 0 Å². The van der Waals surface area contributed by atoms with Crippen molar-refractivity contribution in [3.63, 3.8) is 0 Å². The Morgan fingerprint density at radius 3 is 2.85 bits per heavy atom. The van der Waals surface area contributed by atoms with Crippen LogP contribution in [-0.2, 0) is 9.09 Å². The summed E-state index contributed by atoms with van der Waals surface area (Å²) in [7, 11) is -0.0133. The van der Waals surface area contributed by atoms with E-state index in [4.69, 9.17) is 9.63 Å². The molecule has 76 valence electrons. The molecule has 1 N–H and O–H groups in total. The number of rotatable bonds is 3. The van der Waals surface area contributed by atoms with Crippen molar-refractivity contribution < 1.29 is 14.2 Å². The fraction of sp³-hybridized carbons (Fsp3) is 1.00. The maximum atomic E-state index is 10.8. The fourth-order valence-electron chi connectivity index (χ4n) is 1.87. The van der Waals surface area contributed by atoms with Crippen LogP contribution in [0.1, 0.15) is 19.3 Å². The lowest BCUT2D eigenvalue weighted by Crippen LogP contribution is -2.30. The summed E-state index contributed by atoms with van der Waals surface area (Å²) in [5.74, 6) is 0.750. The third-order valence-corrected chi connectivity index (χ3v) is 3.50. The van der Waals surface area contributed by atoms with Crippen molar-refractivity contribution >= 4 is 27.3 Å². The summed E-state index contributed by atoms with van der Waals surface area (Å²) in [5, 5.41) is 9.06. The second-order valence-corrected chi connectivity index (χ2v) is 5.65. The van der Waals surface area contributed by atoms with E-state index in [0.717, 1.165) is 19.3 Å². The van der Waals surface area contributed by atoms with E-state index in [0.29, 0.717) is 5.82 Å². The summed E-state index contributed by atoms with van der Waals surface area (Å²) in [4.78, 5) is 0. The minimum absolute atomic E-state index is 0.0577. The predicted octanol–water partition coefficient (Wildman–Crippen LogP) is 0.905. The van der Waals surface area contributed by atoms with Gasteiger partial charge in [0.15, 0.2) is 0 Å². The number of aliphatic hydroxyl groups excluding tert-OH is 1. The van der Waals surface area contributed by atoms with Gasteiger partial charge < -0.3 is 9.63 Å². The van der Waals surface area contributed by atoms with Crippen LogP contribution in [0.25, 0.3) is 0 Å². The summed E-state index contributed by atoms with van der Waals surface area (Å²) >= 11 is 3.76. The highest BCUT2D eigenvalue weighted by molar-refractivity contribution is 8.39. The van der Waals surface area contributed by atoms with Gasteiger partial charge in [0.2, 0.25) is 7.23 Å². The number of hydrogen-bond donors (Lipinski definition) is 2. The van der Waals surface area contributed by atoms with Crippen LogP contribution in [0, 0.1) is 5.92 Å². The molecule has 4 atom stereocenters. The Morgan fingerprint density at radius 1 is 1.62 bits per heavy atom. The third-order valence-electron chi connectivity index (χ3n) is 2.68. The van der Waals surface area contributed by atoms with E-state index < -0.39 is 7.23 Å². The highest BCUT2D eigenvalue weighted by Gasteiger charge is 2.29. The Bertz CT molecular complexity index is 193. The topological polar surface area (TPSA) is 46.5 Å². The van der Waals surface area contributed by atoms with Crippen molar-refractivity contribution in [3.8, 4) is 0 Å². The molecular formula is C7H16BO3PS. The minimum Gasteiger partial charge on any atom is -0.396 e. The van der Waals surface area contributed by atoms with Gasteiger partial charge in [-0.15, -0.1) is 0 Å². The van der Waals surface area contributed by atoms with Crippen molar-refractivity contribution in [1.29, 1.82) is 0 Å². The van der Waals surface area contributed by atoms with Gasteiger partial charge in [-0.2, -0.15) is 0 Å². The van der Waals surface area contributed by atoms with Gasteiger partial charge in [-0.1, -0.05) is 24.5 Å². The summed E-state index contributed by atoms with van der Waals surface area (Å²) in [6.07, 6.45) is 2.92. The number of thiol groups is 1. The first-order valence-corrected chi connectivity index (χ1v) is 7.24. The highest BCUT2D eigenvalue weighted by atomic mass is 32.7. The summed E-state index contributed by atoms with van der Waals surface area (Å²) < 4.78 is 16.0. The van der Waals surface area contributed by atoms with Crippen LogP contribution >= 0.6 is 19.5 Å². The van der Waals surface area contributed by atoms with Gasteiger partial charge in [0.1, 0.15) is 7.85 Å². The molecule has 0 aromatic carbocycles. The molecule has 0 radical (unpaired) electrons. The second kappa shape index (κ2) is 5.45. The standard InChI is InChI=1S/C7H16BO3PS/c8-6-2-1-5(4-9)7(3-6)11-12(10)13/h5-7,9,12H,1-4,8H2,(H,10,13). The van der Waals surface area contributed by atoms with Crippen LogP contribution in [0.3, 0.4) is 0 Å². The molecule has 6 heteroatoms. The first kappa shape index (κ1) is 11.6. The Labute approximate surface area is 85.7 Å². The molecule has 0 bridgehead atoms. The minimum atomic E-state index is -2.17. The van der Waals surface area contributed by atoms with Gasteiger partial charge >= 0.3 is 0 Å². The zero-order chi connectivity index (χ0) is 9.84. The van der Waals surface area contributed by atoms with Crippen LogP contribution in [0.2, 0.25) is 5.82 Å². The van der Waals surface area contributed by atoms with Crippen molar-refractivity contribution in [2.24, 2.45) is 5.92 Å². The Kier molecular flexibility index (Phi) is 4.88. The van der Waals surface area contributed by atoms with E-state index in [2.05, 4.69) is 20.1 Å². The SMILES string of the molecule is BC1CCC(CO)C(O[PH](=O)S)C1. The van der Waals surface area contributed by atoms with Crippen LogP contribution < -0.4 is 0 Å². The average molecular weight is 222 g/mol. The molecule has 1 saturated carbocycles. The summed E-state index contributed by atoms with van der Waals surface area (Å²) in [6.45, 7) is 0.125. The van der Waals surface area contributed by atoms with E-state index in [1.807, 2.05) is 0 Å². The molecule has 1 aliphatic carbocycles. The molecule has 3 nitrogen and oxygen atoms in total. The lowest BCUT2D eigenvalue weighted by molar-refractivity contribution is 0.0627. The number of hydrogen-bond acceptors (Lipinski definition) is 3. The van der Waals surface area contributed by atoms with Gasteiger partial charge in [-0.25, -0.2) is 0 Å². The molecule has 1 rings (SSSR count). The molecule has 0 heterocycles. The molecule has 1 fully saturated rings. The first-order valence-electron chi connectivity index (χ1n) is 4.64. The number of aliphatic hydroxyl groups is 1. The van der Waals surface area contributed by atoms with Crippen molar-refractivity contribution in [3.05, 3.63) is 0 Å². The van der Waals surface area contributed by atoms with E-state index >= 15 is 0 Å². The lowest BCUT2D eigenvalue weighted by Gasteiger charge is -2.32. The second-order valence-electron chi connectivity index (χ2n) is 3.78. The van der Waals surface area contributed by atoms with Crippen LogP contribution in [0.15, 0.2) is 0 Å². The molecule has 0 amide bonds. The molecular weight excluding hydrogens is 206 g/mol. The average Bonchev–Trinajstić information content (AvgIpc) is 2.03. The molecule has 0 aliphatic heterocycles. The van der Waals surface area contributed by atoms with Crippen molar-refractivity contribution in [2.45, 2.75) is 31.2 Å². The Balaban J connectivity index is 2.49. The normalized spacial score (nSPS) is 37.2. The van der Waals surface area contributed by atoms with Gasteiger partial charge in [0.05, 0.1) is 6.10 Å². The maximum Gasteiger partial charge on any atom is 0.243 e. The van der Waals surface area contributed by atoms with Crippen molar-refractivity contribution in [2.75, 3.05) is 6.61 Å². The molecule has 1 aliphatic rings. The summed E-state index contributed by atoms with van der Waals surface area (Å²) in [6, 6.07) is 0. The molecule has 13 heavy (non-hydrogen) atoms. The predicted molar refractivity (Wildman–Crippen MR) is 59.6 cm³/mol. The van der Waals surface area contributed by atoms with Gasteiger partial charge in [0, 0.05) is 12.5 Å². The van der Waals surface area contributed by atoms with Gasteiger partial charge in [-0.05, 0) is 12.8 Å². The molecule has 0 saturated heterocycles. The van der Waals surface area contributed by atoms with E-state index in [9.17, 15) is 4.57 Å². The molecule has 0 aromatic heterocycles.